The van der Waals surface area contributed by atoms with Crippen LogP contribution in [0.2, 0.25) is 5.02 Å². The molecule has 5 heteroatoms. The van der Waals surface area contributed by atoms with Crippen LogP contribution < -0.4 is 10.2 Å². The lowest BCUT2D eigenvalue weighted by atomic mass is 10.0. The highest BCUT2D eigenvalue weighted by Gasteiger charge is 2.35. The third kappa shape index (κ3) is 4.89. The van der Waals surface area contributed by atoms with Gasteiger partial charge >= 0.3 is 0 Å². The van der Waals surface area contributed by atoms with E-state index in [1.54, 1.807) is 11.0 Å². The molecule has 0 aliphatic carbocycles. The molecule has 1 heterocycles. The summed E-state index contributed by atoms with van der Waals surface area (Å²) in [4.78, 5) is 26.6. The molecule has 0 unspecified atom stereocenters. The number of hydrogen-bond donors (Lipinski definition) is 1. The van der Waals surface area contributed by atoms with Gasteiger partial charge in [-0.05, 0) is 49.9 Å². The molecule has 0 bridgehead atoms. The van der Waals surface area contributed by atoms with Gasteiger partial charge in [0.1, 0.15) is 0 Å². The van der Waals surface area contributed by atoms with Crippen molar-refractivity contribution < 1.29 is 9.59 Å². The molecule has 4 nitrogen and oxygen atoms in total. The zero-order valence-electron chi connectivity index (χ0n) is 15.7. The van der Waals surface area contributed by atoms with Gasteiger partial charge in [0, 0.05) is 29.7 Å². The normalized spacial score (nSPS) is 17.8. The fourth-order valence-corrected chi connectivity index (χ4v) is 3.52. The van der Waals surface area contributed by atoms with E-state index in [4.69, 9.17) is 11.6 Å². The third-order valence-corrected chi connectivity index (χ3v) is 5.47. The number of carbonyl (C=O) groups is 2. The fourth-order valence-electron chi connectivity index (χ4n) is 3.34. The Hall–Kier alpha value is -2.33. The van der Waals surface area contributed by atoms with E-state index in [1.807, 2.05) is 44.2 Å². The molecule has 1 aliphatic heterocycles. The molecule has 0 radical (unpaired) electrons. The van der Waals surface area contributed by atoms with E-state index in [9.17, 15) is 9.59 Å². The number of carbonyl (C=O) groups excluding carboxylic acids is 2. The lowest BCUT2D eigenvalue weighted by Gasteiger charge is -2.19. The van der Waals surface area contributed by atoms with Gasteiger partial charge in [0.2, 0.25) is 11.8 Å². The number of benzene rings is 2. The van der Waals surface area contributed by atoms with Crippen LogP contribution >= 0.6 is 11.6 Å². The highest BCUT2D eigenvalue weighted by molar-refractivity contribution is 6.31. The molecule has 3 rings (SSSR count). The molecule has 0 aromatic heterocycles. The molecular weight excluding hydrogens is 360 g/mol. The van der Waals surface area contributed by atoms with Crippen LogP contribution in [0.5, 0.6) is 0 Å². The van der Waals surface area contributed by atoms with E-state index in [1.165, 1.54) is 5.56 Å². The van der Waals surface area contributed by atoms with E-state index in [-0.39, 0.29) is 30.2 Å². The zero-order chi connectivity index (χ0) is 19.4. The van der Waals surface area contributed by atoms with Crippen molar-refractivity contribution in [3.05, 3.63) is 64.7 Å². The summed E-state index contributed by atoms with van der Waals surface area (Å²) in [6.45, 7) is 4.33. The summed E-state index contributed by atoms with van der Waals surface area (Å²) in [6.07, 6.45) is 2.02. The highest BCUT2D eigenvalue weighted by Crippen LogP contribution is 2.29. The highest BCUT2D eigenvalue weighted by atomic mass is 35.5. The summed E-state index contributed by atoms with van der Waals surface area (Å²) >= 11 is 6.18. The quantitative estimate of drug-likeness (QED) is 0.813. The number of amides is 2. The number of anilines is 1. The van der Waals surface area contributed by atoms with Crippen LogP contribution in [0, 0.1) is 12.8 Å². The Kier molecular flexibility index (Phi) is 6.17. The van der Waals surface area contributed by atoms with Gasteiger partial charge < -0.3 is 10.2 Å². The van der Waals surface area contributed by atoms with Crippen molar-refractivity contribution in [1.82, 2.24) is 5.32 Å². The monoisotopic (exact) mass is 384 g/mol. The molecule has 0 saturated carbocycles. The van der Waals surface area contributed by atoms with Crippen molar-refractivity contribution in [3.63, 3.8) is 0 Å². The lowest BCUT2D eigenvalue weighted by molar-refractivity contribution is -0.126. The molecular formula is C22H25ClN2O2. The van der Waals surface area contributed by atoms with Gasteiger partial charge in [-0.15, -0.1) is 0 Å². The average Bonchev–Trinajstić information content (AvgIpc) is 3.05. The second kappa shape index (κ2) is 8.57. The Morgan fingerprint density at radius 2 is 2.00 bits per heavy atom. The third-order valence-electron chi connectivity index (χ3n) is 5.06. The minimum Gasteiger partial charge on any atom is -0.353 e. The minimum absolute atomic E-state index is 0.0352. The smallest absolute Gasteiger partial charge is 0.227 e. The van der Waals surface area contributed by atoms with Crippen LogP contribution in [-0.2, 0) is 16.0 Å². The maximum absolute atomic E-state index is 12.6. The van der Waals surface area contributed by atoms with Crippen LogP contribution in [0.25, 0.3) is 0 Å². The van der Waals surface area contributed by atoms with Crippen molar-refractivity contribution in [2.45, 2.75) is 39.2 Å². The topological polar surface area (TPSA) is 49.4 Å². The van der Waals surface area contributed by atoms with Crippen LogP contribution in [0.15, 0.2) is 48.5 Å². The van der Waals surface area contributed by atoms with Crippen molar-refractivity contribution in [2.24, 2.45) is 5.92 Å². The zero-order valence-corrected chi connectivity index (χ0v) is 16.5. The van der Waals surface area contributed by atoms with Gasteiger partial charge in [0.05, 0.1) is 5.92 Å². The predicted octanol–water partition coefficient (Wildman–Crippen LogP) is 4.14. The molecule has 2 atom stereocenters. The van der Waals surface area contributed by atoms with Crippen LogP contribution in [0.1, 0.15) is 30.9 Å². The second-order valence-electron chi connectivity index (χ2n) is 7.27. The molecule has 1 aliphatic rings. The maximum Gasteiger partial charge on any atom is 0.227 e. The molecule has 142 valence electrons. The van der Waals surface area contributed by atoms with Crippen molar-refractivity contribution in [2.75, 3.05) is 11.4 Å². The Balaban J connectivity index is 1.54. The van der Waals surface area contributed by atoms with Crippen molar-refractivity contribution in [1.29, 1.82) is 0 Å². The lowest BCUT2D eigenvalue weighted by Crippen LogP contribution is -2.38. The summed E-state index contributed by atoms with van der Waals surface area (Å²) in [5, 5.41) is 3.69. The van der Waals surface area contributed by atoms with Crippen molar-refractivity contribution >= 4 is 29.1 Å². The van der Waals surface area contributed by atoms with Gasteiger partial charge in [0.25, 0.3) is 0 Å². The first-order valence-corrected chi connectivity index (χ1v) is 9.72. The summed E-state index contributed by atoms with van der Waals surface area (Å²) in [5.74, 6) is -0.409. The van der Waals surface area contributed by atoms with E-state index >= 15 is 0 Å². The van der Waals surface area contributed by atoms with E-state index in [2.05, 4.69) is 17.4 Å². The largest absolute Gasteiger partial charge is 0.353 e. The SMILES string of the molecule is Cc1ccc(N2C[C@H](C(=O)N[C@@H](C)CCc3ccccc3)CC2=O)cc1Cl. The first kappa shape index (κ1) is 19.4. The number of aryl methyl sites for hydroxylation is 2. The molecule has 1 fully saturated rings. The first-order chi connectivity index (χ1) is 12.9. The molecule has 27 heavy (non-hydrogen) atoms. The first-order valence-electron chi connectivity index (χ1n) is 9.35. The maximum atomic E-state index is 12.6. The van der Waals surface area contributed by atoms with Gasteiger partial charge in [-0.25, -0.2) is 0 Å². The summed E-state index contributed by atoms with van der Waals surface area (Å²) in [7, 11) is 0. The number of halogens is 1. The number of rotatable bonds is 6. The van der Waals surface area contributed by atoms with Gasteiger partial charge in [0.15, 0.2) is 0 Å². The van der Waals surface area contributed by atoms with Gasteiger partial charge in [-0.2, -0.15) is 0 Å². The predicted molar refractivity (Wildman–Crippen MR) is 109 cm³/mol. The van der Waals surface area contributed by atoms with Crippen LogP contribution in [0.4, 0.5) is 5.69 Å². The Morgan fingerprint density at radius 1 is 1.26 bits per heavy atom. The standard InChI is InChI=1S/C22H25ClN2O2/c1-15-8-11-19(13-20(15)23)25-14-18(12-21(25)26)22(27)24-16(2)9-10-17-6-4-3-5-7-17/h3-8,11,13,16,18H,9-10,12,14H2,1-2H3,(H,24,27)/t16-,18+/m0/s1. The van der Waals surface area contributed by atoms with Gasteiger partial charge in [-0.3, -0.25) is 9.59 Å². The van der Waals surface area contributed by atoms with Crippen LogP contribution in [-0.4, -0.2) is 24.4 Å². The Bertz CT molecular complexity index is 822. The van der Waals surface area contributed by atoms with E-state index in [0.717, 1.165) is 24.1 Å². The summed E-state index contributed by atoms with van der Waals surface area (Å²) in [6, 6.07) is 15.9. The Morgan fingerprint density at radius 3 is 2.70 bits per heavy atom. The summed E-state index contributed by atoms with van der Waals surface area (Å²) < 4.78 is 0. The Labute approximate surface area is 165 Å². The number of nitrogens with zero attached hydrogens (tertiary/aromatic N) is 1. The van der Waals surface area contributed by atoms with Crippen molar-refractivity contribution in [3.8, 4) is 0 Å². The molecule has 2 aromatic rings. The van der Waals surface area contributed by atoms with E-state index < -0.39 is 0 Å². The summed E-state index contributed by atoms with van der Waals surface area (Å²) in [5.41, 5.74) is 2.98. The fraction of sp³-hybridized carbons (Fsp3) is 0.364. The molecule has 0 spiro atoms. The van der Waals surface area contributed by atoms with E-state index in [0.29, 0.717) is 11.6 Å². The second-order valence-corrected chi connectivity index (χ2v) is 7.68. The molecule has 2 amide bonds. The number of nitrogens with one attached hydrogen (secondary N) is 1. The minimum atomic E-state index is -0.322. The van der Waals surface area contributed by atoms with Crippen LogP contribution in [0.3, 0.4) is 0 Å². The van der Waals surface area contributed by atoms with Gasteiger partial charge in [-0.1, -0.05) is 48.0 Å². The number of hydrogen-bond acceptors (Lipinski definition) is 2. The molecule has 1 N–H and O–H groups in total. The average molecular weight is 385 g/mol. The molecule has 2 aromatic carbocycles. The molecule has 1 saturated heterocycles.